The van der Waals surface area contributed by atoms with Crippen molar-refractivity contribution in [2.45, 2.75) is 26.6 Å². The first-order valence-corrected chi connectivity index (χ1v) is 9.44. The predicted octanol–water partition coefficient (Wildman–Crippen LogP) is 3.41. The fourth-order valence-electron chi connectivity index (χ4n) is 2.59. The molecule has 6 nitrogen and oxygen atoms in total. The number of benzene rings is 2. The van der Waals surface area contributed by atoms with Crippen molar-refractivity contribution in [2.24, 2.45) is 4.99 Å². The molecule has 0 bridgehead atoms. The van der Waals surface area contributed by atoms with Crippen molar-refractivity contribution >= 4 is 35.8 Å². The van der Waals surface area contributed by atoms with Crippen molar-refractivity contribution in [1.82, 2.24) is 15.5 Å². The number of carbonyl (C=O) groups is 1. The molecule has 0 aliphatic rings. The van der Waals surface area contributed by atoms with Crippen LogP contribution in [0.25, 0.3) is 0 Å². The summed E-state index contributed by atoms with van der Waals surface area (Å²) in [4.78, 5) is 17.8. The summed E-state index contributed by atoms with van der Waals surface area (Å²) in [5, 5.41) is 6.60. The van der Waals surface area contributed by atoms with Gasteiger partial charge in [-0.15, -0.1) is 24.0 Å². The molecular weight excluding hydrogens is 479 g/mol. The van der Waals surface area contributed by atoms with Gasteiger partial charge >= 0.3 is 0 Å². The Bertz CT molecular complexity index is 774. The molecule has 0 aliphatic carbocycles. The van der Waals surface area contributed by atoms with E-state index in [0.717, 1.165) is 18.1 Å². The number of aliphatic imine (C=N–C) groups is 1. The first-order valence-electron chi connectivity index (χ1n) is 9.44. The Hall–Kier alpha value is -2.13. The third kappa shape index (κ3) is 8.41. The molecule has 0 radical (unpaired) electrons. The zero-order chi connectivity index (χ0) is 20.4. The average molecular weight is 510 g/mol. The average Bonchev–Trinajstić information content (AvgIpc) is 2.73. The maximum Gasteiger partial charge on any atom is 0.253 e. The van der Waals surface area contributed by atoms with Gasteiger partial charge < -0.3 is 20.3 Å². The number of halogens is 1. The Kier molecular flexibility index (Phi) is 11.3. The van der Waals surface area contributed by atoms with Crippen LogP contribution in [-0.2, 0) is 24.4 Å². The van der Waals surface area contributed by atoms with Gasteiger partial charge in [-0.3, -0.25) is 9.79 Å². The number of nitrogens with zero attached hydrogens (tertiary/aromatic N) is 2. The van der Waals surface area contributed by atoms with Gasteiger partial charge in [-0.25, -0.2) is 0 Å². The highest BCUT2D eigenvalue weighted by Crippen LogP contribution is 2.07. The SMILES string of the molecule is CCOCc1ccc(CNC(=NC)NCc2ccc(C(=O)N(C)C)cc2)cc1.I. The standard InChI is InChI=1S/C22H30N4O2.HI/c1-5-28-16-19-8-6-17(7-9-19)14-24-22(23-2)25-15-18-10-12-20(13-11-18)21(27)26(3)4;/h6-13H,5,14-16H2,1-4H3,(H2,23,24,25);1H. The minimum Gasteiger partial charge on any atom is -0.377 e. The van der Waals surface area contributed by atoms with E-state index in [4.69, 9.17) is 4.74 Å². The molecule has 29 heavy (non-hydrogen) atoms. The van der Waals surface area contributed by atoms with Crippen LogP contribution in [0, 0.1) is 0 Å². The van der Waals surface area contributed by atoms with Gasteiger partial charge in [-0.1, -0.05) is 36.4 Å². The van der Waals surface area contributed by atoms with Crippen LogP contribution >= 0.6 is 24.0 Å². The molecule has 2 aromatic rings. The summed E-state index contributed by atoms with van der Waals surface area (Å²) in [6, 6.07) is 15.9. The second-order valence-electron chi connectivity index (χ2n) is 6.63. The van der Waals surface area contributed by atoms with Crippen molar-refractivity contribution in [3.05, 3.63) is 70.8 Å². The molecule has 158 valence electrons. The largest absolute Gasteiger partial charge is 0.377 e. The fourth-order valence-corrected chi connectivity index (χ4v) is 2.59. The van der Waals surface area contributed by atoms with Crippen LogP contribution in [-0.4, -0.2) is 44.5 Å². The van der Waals surface area contributed by atoms with Crippen LogP contribution in [0.1, 0.15) is 34.0 Å². The summed E-state index contributed by atoms with van der Waals surface area (Å²) in [6.07, 6.45) is 0. The monoisotopic (exact) mass is 510 g/mol. The van der Waals surface area contributed by atoms with Crippen molar-refractivity contribution in [3.63, 3.8) is 0 Å². The number of amides is 1. The highest BCUT2D eigenvalue weighted by atomic mass is 127. The summed E-state index contributed by atoms with van der Waals surface area (Å²) < 4.78 is 5.42. The molecule has 0 aromatic heterocycles. The number of carbonyl (C=O) groups excluding carboxylic acids is 1. The molecule has 0 saturated heterocycles. The molecule has 7 heteroatoms. The second-order valence-corrected chi connectivity index (χ2v) is 6.63. The van der Waals surface area contributed by atoms with E-state index in [9.17, 15) is 4.79 Å². The van der Waals surface area contributed by atoms with E-state index in [1.807, 2.05) is 31.2 Å². The summed E-state index contributed by atoms with van der Waals surface area (Å²) >= 11 is 0. The summed E-state index contributed by atoms with van der Waals surface area (Å²) in [6.45, 7) is 4.68. The van der Waals surface area contributed by atoms with Gasteiger partial charge in [0.25, 0.3) is 5.91 Å². The quantitative estimate of drug-likeness (QED) is 0.325. The van der Waals surface area contributed by atoms with E-state index in [2.05, 4.69) is 39.9 Å². The maximum atomic E-state index is 11.9. The van der Waals surface area contributed by atoms with Crippen LogP contribution in [0.2, 0.25) is 0 Å². The normalized spacial score (nSPS) is 10.8. The summed E-state index contributed by atoms with van der Waals surface area (Å²) in [7, 11) is 5.25. The van der Waals surface area contributed by atoms with Crippen LogP contribution in [0.15, 0.2) is 53.5 Å². The Morgan fingerprint density at radius 3 is 1.86 bits per heavy atom. The molecule has 0 heterocycles. The van der Waals surface area contributed by atoms with Gasteiger partial charge in [0.1, 0.15) is 0 Å². The highest BCUT2D eigenvalue weighted by Gasteiger charge is 2.07. The molecule has 2 rings (SSSR count). The lowest BCUT2D eigenvalue weighted by atomic mass is 10.1. The lowest BCUT2D eigenvalue weighted by Gasteiger charge is -2.13. The molecule has 0 aliphatic heterocycles. The van der Waals surface area contributed by atoms with Crippen molar-refractivity contribution < 1.29 is 9.53 Å². The van der Waals surface area contributed by atoms with E-state index in [1.54, 1.807) is 26.0 Å². The lowest BCUT2D eigenvalue weighted by molar-refractivity contribution is 0.0827. The van der Waals surface area contributed by atoms with Crippen LogP contribution < -0.4 is 10.6 Å². The molecule has 2 N–H and O–H groups in total. The van der Waals surface area contributed by atoms with Crippen LogP contribution in [0.3, 0.4) is 0 Å². The van der Waals surface area contributed by atoms with Crippen LogP contribution in [0.4, 0.5) is 0 Å². The zero-order valence-electron chi connectivity index (χ0n) is 17.6. The number of rotatable bonds is 8. The minimum atomic E-state index is 0. The minimum absolute atomic E-state index is 0. The summed E-state index contributed by atoms with van der Waals surface area (Å²) in [5.41, 5.74) is 4.11. The Morgan fingerprint density at radius 1 is 0.931 bits per heavy atom. The zero-order valence-corrected chi connectivity index (χ0v) is 19.9. The van der Waals surface area contributed by atoms with E-state index in [-0.39, 0.29) is 29.9 Å². The van der Waals surface area contributed by atoms with E-state index >= 15 is 0 Å². The molecule has 0 spiro atoms. The van der Waals surface area contributed by atoms with Gasteiger partial charge in [-0.2, -0.15) is 0 Å². The number of guanidine groups is 1. The van der Waals surface area contributed by atoms with Crippen molar-refractivity contribution in [2.75, 3.05) is 27.7 Å². The van der Waals surface area contributed by atoms with Gasteiger partial charge in [0.15, 0.2) is 5.96 Å². The van der Waals surface area contributed by atoms with Gasteiger partial charge in [-0.05, 0) is 35.7 Å². The number of nitrogens with one attached hydrogen (secondary N) is 2. The first kappa shape index (κ1) is 24.9. The molecule has 0 unspecified atom stereocenters. The smallest absolute Gasteiger partial charge is 0.253 e. The first-order chi connectivity index (χ1) is 13.5. The van der Waals surface area contributed by atoms with E-state index in [1.165, 1.54) is 11.1 Å². The van der Waals surface area contributed by atoms with Crippen molar-refractivity contribution in [3.8, 4) is 0 Å². The van der Waals surface area contributed by atoms with E-state index < -0.39 is 0 Å². The molecule has 0 fully saturated rings. The molecule has 1 amide bonds. The Balaban J connectivity index is 0.00000420. The Morgan fingerprint density at radius 2 is 1.41 bits per heavy atom. The predicted molar refractivity (Wildman–Crippen MR) is 129 cm³/mol. The third-order valence-electron chi connectivity index (χ3n) is 4.25. The van der Waals surface area contributed by atoms with Crippen LogP contribution in [0.5, 0.6) is 0 Å². The summed E-state index contributed by atoms with van der Waals surface area (Å²) in [5.74, 6) is 0.732. The lowest BCUT2D eigenvalue weighted by Crippen LogP contribution is -2.36. The number of ether oxygens (including phenoxy) is 1. The molecule has 0 saturated carbocycles. The fraction of sp³-hybridized carbons (Fsp3) is 0.364. The Labute approximate surface area is 190 Å². The second kappa shape index (κ2) is 13.2. The molecular formula is C22H31IN4O2. The molecule has 2 aromatic carbocycles. The topological polar surface area (TPSA) is 66.0 Å². The van der Waals surface area contributed by atoms with Crippen molar-refractivity contribution in [1.29, 1.82) is 0 Å². The number of hydrogen-bond acceptors (Lipinski definition) is 3. The van der Waals surface area contributed by atoms with Gasteiger partial charge in [0, 0.05) is 46.4 Å². The third-order valence-corrected chi connectivity index (χ3v) is 4.25. The van der Waals surface area contributed by atoms with Gasteiger partial charge in [0.05, 0.1) is 6.61 Å². The van der Waals surface area contributed by atoms with E-state index in [0.29, 0.717) is 25.3 Å². The van der Waals surface area contributed by atoms with Gasteiger partial charge in [0.2, 0.25) is 0 Å². The molecule has 0 atom stereocenters. The maximum absolute atomic E-state index is 11.9. The number of hydrogen-bond donors (Lipinski definition) is 2. The highest BCUT2D eigenvalue weighted by molar-refractivity contribution is 14.0.